The average Bonchev–Trinajstić information content (AvgIpc) is 2.86. The Labute approximate surface area is 226 Å². The van der Waals surface area contributed by atoms with E-state index in [-0.39, 0.29) is 24.5 Å². The van der Waals surface area contributed by atoms with Crippen molar-refractivity contribution in [1.82, 2.24) is 21.3 Å². The molecular formula is C26H38N4O9. The number of benzene rings is 1. The van der Waals surface area contributed by atoms with E-state index in [0.717, 1.165) is 0 Å². The molecule has 6 atom stereocenters. The second-order valence-electron chi connectivity index (χ2n) is 9.42. The molecule has 0 heterocycles. The summed E-state index contributed by atoms with van der Waals surface area (Å²) in [5.41, 5.74) is 0.597. The summed E-state index contributed by atoms with van der Waals surface area (Å²) in [5, 5.41) is 38.1. The highest BCUT2D eigenvalue weighted by Gasteiger charge is 2.32. The lowest BCUT2D eigenvalue weighted by molar-refractivity contribution is -0.138. The van der Waals surface area contributed by atoms with Crippen molar-refractivity contribution < 1.29 is 44.1 Å². The average molecular weight is 551 g/mol. The van der Waals surface area contributed by atoms with Crippen molar-refractivity contribution in [1.29, 1.82) is 0 Å². The summed E-state index contributed by atoms with van der Waals surface area (Å²) >= 11 is 0. The SMILES string of the molecule is CCC(C)[C@H](NC(=O)[C@H](Cc1ccc(O)cc1)NC(=O)C(C)O)C(=O)N[C@@H](C)C(=O)N[C@H](CC=O)CC(=O)O. The molecule has 0 radical (unpaired) electrons. The van der Waals surface area contributed by atoms with Crippen LogP contribution in [0.2, 0.25) is 0 Å². The van der Waals surface area contributed by atoms with E-state index >= 15 is 0 Å². The summed E-state index contributed by atoms with van der Waals surface area (Å²) in [5.74, 6) is -4.48. The van der Waals surface area contributed by atoms with E-state index in [1.54, 1.807) is 26.0 Å². The van der Waals surface area contributed by atoms with E-state index in [9.17, 15) is 39.0 Å². The maximum absolute atomic E-state index is 13.2. The van der Waals surface area contributed by atoms with Crippen LogP contribution in [0.4, 0.5) is 0 Å². The van der Waals surface area contributed by atoms with Gasteiger partial charge in [0.05, 0.1) is 6.42 Å². The van der Waals surface area contributed by atoms with Gasteiger partial charge in [-0.3, -0.25) is 24.0 Å². The van der Waals surface area contributed by atoms with E-state index in [0.29, 0.717) is 18.3 Å². The van der Waals surface area contributed by atoms with Crippen LogP contribution >= 0.6 is 0 Å². The van der Waals surface area contributed by atoms with Gasteiger partial charge in [-0.2, -0.15) is 0 Å². The van der Waals surface area contributed by atoms with Crippen LogP contribution in [0.5, 0.6) is 5.75 Å². The van der Waals surface area contributed by atoms with Crippen LogP contribution < -0.4 is 21.3 Å². The molecule has 1 aromatic rings. The number of rotatable bonds is 16. The smallest absolute Gasteiger partial charge is 0.305 e. The number of hydrogen-bond acceptors (Lipinski definition) is 8. The number of hydrogen-bond donors (Lipinski definition) is 7. The number of carboxylic acid groups (broad SMARTS) is 1. The molecule has 0 aliphatic rings. The zero-order chi connectivity index (χ0) is 29.7. The molecule has 216 valence electrons. The zero-order valence-electron chi connectivity index (χ0n) is 22.5. The van der Waals surface area contributed by atoms with Gasteiger partial charge in [0, 0.05) is 18.9 Å². The number of aromatic hydroxyl groups is 1. The molecule has 0 spiro atoms. The molecule has 0 bridgehead atoms. The molecule has 0 aliphatic heterocycles. The Bertz CT molecular complexity index is 1010. The minimum Gasteiger partial charge on any atom is -0.508 e. The highest BCUT2D eigenvalue weighted by molar-refractivity contribution is 5.95. The van der Waals surface area contributed by atoms with Crippen molar-refractivity contribution in [3.8, 4) is 5.75 Å². The van der Waals surface area contributed by atoms with Crippen molar-refractivity contribution in [2.24, 2.45) is 5.92 Å². The number of carbonyl (C=O) groups excluding carboxylic acids is 5. The number of aliphatic hydroxyl groups is 1. The van der Waals surface area contributed by atoms with Gasteiger partial charge in [-0.15, -0.1) is 0 Å². The number of carboxylic acids is 1. The molecule has 0 aromatic heterocycles. The molecule has 7 N–H and O–H groups in total. The van der Waals surface area contributed by atoms with Crippen LogP contribution in [-0.4, -0.2) is 81.5 Å². The highest BCUT2D eigenvalue weighted by atomic mass is 16.4. The number of nitrogens with one attached hydrogen (secondary N) is 4. The van der Waals surface area contributed by atoms with Gasteiger partial charge in [0.2, 0.25) is 23.6 Å². The molecule has 0 aliphatic carbocycles. The molecule has 13 heteroatoms. The lowest BCUT2D eigenvalue weighted by atomic mass is 9.96. The third-order valence-corrected chi connectivity index (χ3v) is 6.08. The van der Waals surface area contributed by atoms with Crippen LogP contribution in [0.25, 0.3) is 0 Å². The van der Waals surface area contributed by atoms with Crippen molar-refractivity contribution in [2.45, 2.75) is 83.6 Å². The molecule has 13 nitrogen and oxygen atoms in total. The summed E-state index contributed by atoms with van der Waals surface area (Å²) in [7, 11) is 0. The molecule has 0 fully saturated rings. The number of amides is 4. The number of phenolic OH excluding ortho intramolecular Hbond substituents is 1. The van der Waals surface area contributed by atoms with E-state index in [1.165, 1.54) is 26.0 Å². The van der Waals surface area contributed by atoms with Gasteiger partial charge >= 0.3 is 5.97 Å². The van der Waals surface area contributed by atoms with E-state index in [2.05, 4.69) is 21.3 Å². The first-order valence-corrected chi connectivity index (χ1v) is 12.6. The third kappa shape index (κ3) is 11.5. The van der Waals surface area contributed by atoms with Crippen LogP contribution in [0.15, 0.2) is 24.3 Å². The number of aldehydes is 1. The topological polar surface area (TPSA) is 211 Å². The Morgan fingerprint density at radius 2 is 1.49 bits per heavy atom. The Kier molecular flexibility index (Phi) is 13.6. The first kappa shape index (κ1) is 33.0. The van der Waals surface area contributed by atoms with Crippen molar-refractivity contribution in [2.75, 3.05) is 0 Å². The normalized spacial score (nSPS) is 15.4. The number of aliphatic hydroxyl groups excluding tert-OH is 1. The third-order valence-electron chi connectivity index (χ3n) is 6.08. The quantitative estimate of drug-likeness (QED) is 0.131. The zero-order valence-corrected chi connectivity index (χ0v) is 22.5. The predicted molar refractivity (Wildman–Crippen MR) is 139 cm³/mol. The predicted octanol–water partition coefficient (Wildman–Crippen LogP) is -0.616. The first-order chi connectivity index (χ1) is 18.3. The van der Waals surface area contributed by atoms with Gasteiger partial charge < -0.3 is 41.4 Å². The minimum atomic E-state index is -1.39. The fraction of sp³-hybridized carbons (Fsp3) is 0.538. The van der Waals surface area contributed by atoms with Crippen molar-refractivity contribution in [3.05, 3.63) is 29.8 Å². The molecule has 39 heavy (non-hydrogen) atoms. The van der Waals surface area contributed by atoms with E-state index in [1.807, 2.05) is 0 Å². The van der Waals surface area contributed by atoms with Crippen molar-refractivity contribution >= 4 is 35.9 Å². The summed E-state index contributed by atoms with van der Waals surface area (Å²) in [4.78, 5) is 72.9. The van der Waals surface area contributed by atoms with Gasteiger partial charge in [-0.1, -0.05) is 32.4 Å². The van der Waals surface area contributed by atoms with Gasteiger partial charge in [0.1, 0.15) is 36.3 Å². The Morgan fingerprint density at radius 3 is 2.00 bits per heavy atom. The summed E-state index contributed by atoms with van der Waals surface area (Å²) in [6.07, 6.45) is -1.13. The first-order valence-electron chi connectivity index (χ1n) is 12.6. The Morgan fingerprint density at radius 1 is 0.872 bits per heavy atom. The van der Waals surface area contributed by atoms with Crippen LogP contribution in [0, 0.1) is 5.92 Å². The molecule has 0 saturated heterocycles. The van der Waals surface area contributed by atoms with Gasteiger partial charge in [0.15, 0.2) is 0 Å². The fourth-order valence-corrected chi connectivity index (χ4v) is 3.54. The molecule has 4 amide bonds. The fourth-order valence-electron chi connectivity index (χ4n) is 3.54. The minimum absolute atomic E-state index is 0.0000746. The summed E-state index contributed by atoms with van der Waals surface area (Å²) < 4.78 is 0. The molecule has 2 unspecified atom stereocenters. The van der Waals surface area contributed by atoms with Crippen molar-refractivity contribution in [3.63, 3.8) is 0 Å². The van der Waals surface area contributed by atoms with E-state index in [4.69, 9.17) is 5.11 Å². The number of carbonyl (C=O) groups is 6. The Hall–Kier alpha value is -4.00. The maximum atomic E-state index is 13.2. The van der Waals surface area contributed by atoms with Crippen LogP contribution in [-0.2, 0) is 35.2 Å². The largest absolute Gasteiger partial charge is 0.508 e. The van der Waals surface area contributed by atoms with E-state index < -0.39 is 66.3 Å². The molecule has 1 rings (SSSR count). The number of phenols is 1. The van der Waals surface area contributed by atoms with Gasteiger partial charge in [-0.05, 0) is 37.5 Å². The second kappa shape index (κ2) is 16.1. The van der Waals surface area contributed by atoms with Gasteiger partial charge in [0.25, 0.3) is 0 Å². The summed E-state index contributed by atoms with van der Waals surface area (Å²) in [6.45, 7) is 6.12. The molecule has 0 saturated carbocycles. The second-order valence-corrected chi connectivity index (χ2v) is 9.42. The summed E-state index contributed by atoms with van der Waals surface area (Å²) in [6, 6.07) is 1.61. The Balaban J connectivity index is 3.03. The van der Waals surface area contributed by atoms with Gasteiger partial charge in [-0.25, -0.2) is 0 Å². The van der Waals surface area contributed by atoms with Crippen LogP contribution in [0.1, 0.15) is 52.5 Å². The van der Waals surface area contributed by atoms with Crippen LogP contribution in [0.3, 0.4) is 0 Å². The standard InChI is InChI=1S/C26H38N4O9/c1-5-14(2)22(26(39)27-15(3)23(36)28-18(10-11-31)13-21(34)35)30-25(38)20(29-24(37)16(4)32)12-17-6-8-19(33)9-7-17/h6-9,11,14-16,18,20,22,32-33H,5,10,12-13H2,1-4H3,(H,27,39)(H,28,36)(H,29,37)(H,30,38)(H,34,35)/t14?,15-,16?,18+,20-,22-/m0/s1. The maximum Gasteiger partial charge on any atom is 0.305 e. The lowest BCUT2D eigenvalue weighted by Gasteiger charge is -2.28. The molecule has 1 aromatic carbocycles. The molecular weight excluding hydrogens is 512 g/mol. The lowest BCUT2D eigenvalue weighted by Crippen LogP contribution is -2.59. The monoisotopic (exact) mass is 550 g/mol. The highest BCUT2D eigenvalue weighted by Crippen LogP contribution is 2.13. The number of aliphatic carboxylic acids is 1.